The lowest BCUT2D eigenvalue weighted by molar-refractivity contribution is 0.307. The first-order valence-electron chi connectivity index (χ1n) is 8.44. The van der Waals surface area contributed by atoms with E-state index in [2.05, 4.69) is 10.3 Å². The van der Waals surface area contributed by atoms with Gasteiger partial charge in [0.1, 0.15) is 12.4 Å². The summed E-state index contributed by atoms with van der Waals surface area (Å²) in [6.07, 6.45) is 3.77. The van der Waals surface area contributed by atoms with Crippen molar-refractivity contribution in [3.63, 3.8) is 0 Å². The van der Waals surface area contributed by atoms with Crippen molar-refractivity contribution in [2.45, 2.75) is 6.61 Å². The van der Waals surface area contributed by atoms with Gasteiger partial charge in [0.2, 0.25) is 0 Å². The average molecular weight is 373 g/mol. The van der Waals surface area contributed by atoms with Crippen LogP contribution in [0.4, 0.5) is 5.69 Å². The first kappa shape index (κ1) is 18.6. The molecule has 0 spiro atoms. The minimum absolute atomic E-state index is 0.525. The maximum atomic E-state index is 8.73. The molecule has 5 heteroatoms. The Hall–Kier alpha value is -3.23. The van der Waals surface area contributed by atoms with Gasteiger partial charge in [0, 0.05) is 5.56 Å². The van der Waals surface area contributed by atoms with Crippen LogP contribution in [-0.4, -0.2) is 11.4 Å². The summed E-state index contributed by atoms with van der Waals surface area (Å²) in [4.78, 5) is 4.41. The Bertz CT molecular complexity index is 947. The molecule has 0 atom stereocenters. The van der Waals surface area contributed by atoms with Gasteiger partial charge >= 0.3 is 0 Å². The van der Waals surface area contributed by atoms with Gasteiger partial charge < -0.3 is 4.74 Å². The van der Waals surface area contributed by atoms with Crippen molar-refractivity contribution in [1.29, 1.82) is 5.26 Å². The first-order chi connectivity index (χ1) is 13.3. The molecule has 0 radical (unpaired) electrons. The van der Waals surface area contributed by atoms with Crippen molar-refractivity contribution in [3.05, 3.63) is 84.4 Å². The minimum Gasteiger partial charge on any atom is -0.488 e. The fourth-order valence-electron chi connectivity index (χ4n) is 2.57. The fraction of sp³-hybridized carbons (Fsp3) is 0.0909. The van der Waals surface area contributed by atoms with E-state index in [1.165, 1.54) is 11.8 Å². The molecular formula is C22H19N3OS. The summed E-state index contributed by atoms with van der Waals surface area (Å²) >= 11 is 1.39. The number of aliphatic imine (C=N–C) groups is 1. The SMILES string of the molecule is CSC(=Nc1ccc(-c2ccccc2OCc2ccccc2)cc1)NC#N. The van der Waals surface area contributed by atoms with Crippen LogP contribution in [0, 0.1) is 11.5 Å². The summed E-state index contributed by atoms with van der Waals surface area (Å²) in [6, 6.07) is 26.0. The number of amidine groups is 1. The fourth-order valence-corrected chi connectivity index (χ4v) is 2.92. The molecule has 0 aromatic heterocycles. The summed E-state index contributed by atoms with van der Waals surface area (Å²) in [6.45, 7) is 0.525. The molecule has 0 saturated carbocycles. The summed E-state index contributed by atoms with van der Waals surface area (Å²) in [5.74, 6) is 0.841. The molecule has 0 amide bonds. The molecule has 3 rings (SSSR count). The van der Waals surface area contributed by atoms with Gasteiger partial charge in [0.25, 0.3) is 0 Å². The van der Waals surface area contributed by atoms with Crippen LogP contribution in [0.15, 0.2) is 83.9 Å². The number of thioether (sulfide) groups is 1. The first-order valence-corrected chi connectivity index (χ1v) is 9.66. The number of hydrogen-bond donors (Lipinski definition) is 1. The highest BCUT2D eigenvalue weighted by Gasteiger charge is 2.06. The van der Waals surface area contributed by atoms with Crippen LogP contribution in [0.5, 0.6) is 5.75 Å². The maximum Gasteiger partial charge on any atom is 0.183 e. The molecule has 0 unspecified atom stereocenters. The van der Waals surface area contributed by atoms with Crippen LogP contribution in [0.1, 0.15) is 5.56 Å². The van der Waals surface area contributed by atoms with Gasteiger partial charge in [-0.1, -0.05) is 72.4 Å². The lowest BCUT2D eigenvalue weighted by Crippen LogP contribution is -2.12. The molecule has 0 saturated heterocycles. The molecule has 0 fully saturated rings. The molecule has 134 valence electrons. The molecule has 0 aliphatic rings. The molecule has 0 aliphatic heterocycles. The molecule has 3 aromatic carbocycles. The molecule has 0 heterocycles. The number of benzene rings is 3. The predicted molar refractivity (Wildman–Crippen MR) is 112 cm³/mol. The molecular weight excluding hydrogens is 354 g/mol. The summed E-state index contributed by atoms with van der Waals surface area (Å²) < 4.78 is 6.04. The van der Waals surface area contributed by atoms with Gasteiger partial charge in [-0.05, 0) is 35.6 Å². The lowest BCUT2D eigenvalue weighted by atomic mass is 10.0. The highest BCUT2D eigenvalue weighted by Crippen LogP contribution is 2.31. The normalized spacial score (nSPS) is 10.9. The topological polar surface area (TPSA) is 57.4 Å². The van der Waals surface area contributed by atoms with E-state index in [4.69, 9.17) is 10.00 Å². The number of hydrogen-bond acceptors (Lipinski definition) is 4. The quantitative estimate of drug-likeness (QED) is 0.283. The molecule has 0 aliphatic carbocycles. The third-order valence-electron chi connectivity index (χ3n) is 3.89. The van der Waals surface area contributed by atoms with E-state index >= 15 is 0 Å². The Labute approximate surface area is 163 Å². The van der Waals surface area contributed by atoms with E-state index in [-0.39, 0.29) is 0 Å². The zero-order valence-corrected chi connectivity index (χ0v) is 15.7. The Morgan fingerprint density at radius 2 is 1.70 bits per heavy atom. The molecule has 4 nitrogen and oxygen atoms in total. The summed E-state index contributed by atoms with van der Waals surface area (Å²) in [5.41, 5.74) is 4.00. The van der Waals surface area contributed by atoms with Crippen LogP contribution in [-0.2, 0) is 6.61 Å². The highest BCUT2D eigenvalue weighted by molar-refractivity contribution is 8.13. The zero-order chi connectivity index (χ0) is 18.9. The molecule has 27 heavy (non-hydrogen) atoms. The van der Waals surface area contributed by atoms with E-state index in [9.17, 15) is 0 Å². The zero-order valence-electron chi connectivity index (χ0n) is 14.9. The van der Waals surface area contributed by atoms with Gasteiger partial charge in [-0.15, -0.1) is 0 Å². The van der Waals surface area contributed by atoms with Crippen LogP contribution in [0.25, 0.3) is 11.1 Å². The standard InChI is InChI=1S/C22H19N3OS/c1-27-22(24-16-23)25-19-13-11-18(12-14-19)20-9-5-6-10-21(20)26-15-17-7-3-2-4-8-17/h2-14H,15H2,1H3,(H,24,25). The Morgan fingerprint density at radius 3 is 2.41 bits per heavy atom. The van der Waals surface area contributed by atoms with Gasteiger partial charge in [-0.2, -0.15) is 5.26 Å². The Morgan fingerprint density at radius 1 is 1.00 bits per heavy atom. The minimum atomic E-state index is 0.525. The number of para-hydroxylation sites is 1. The van der Waals surface area contributed by atoms with Crippen molar-refractivity contribution in [3.8, 4) is 23.1 Å². The van der Waals surface area contributed by atoms with Gasteiger partial charge in [0.05, 0.1) is 5.69 Å². The second kappa shape index (κ2) is 9.46. The summed E-state index contributed by atoms with van der Waals surface area (Å²) in [5, 5.41) is 11.9. The van der Waals surface area contributed by atoms with Crippen molar-refractivity contribution in [2.75, 3.05) is 6.26 Å². The van der Waals surface area contributed by atoms with Crippen molar-refractivity contribution in [1.82, 2.24) is 5.32 Å². The van der Waals surface area contributed by atoms with Gasteiger partial charge in [-0.3, -0.25) is 5.32 Å². The van der Waals surface area contributed by atoms with Crippen LogP contribution < -0.4 is 10.1 Å². The van der Waals surface area contributed by atoms with Gasteiger partial charge in [-0.25, -0.2) is 4.99 Å². The van der Waals surface area contributed by atoms with E-state index < -0.39 is 0 Å². The molecule has 3 aromatic rings. The number of nitriles is 1. The number of nitrogens with zero attached hydrogens (tertiary/aromatic N) is 2. The van der Waals surface area contributed by atoms with Crippen LogP contribution in [0.3, 0.4) is 0 Å². The third kappa shape index (κ3) is 5.13. The van der Waals surface area contributed by atoms with Crippen LogP contribution >= 0.6 is 11.8 Å². The molecule has 1 N–H and O–H groups in total. The predicted octanol–water partition coefficient (Wildman–Crippen LogP) is 5.35. The highest BCUT2D eigenvalue weighted by atomic mass is 32.2. The monoisotopic (exact) mass is 373 g/mol. The smallest absolute Gasteiger partial charge is 0.183 e. The van der Waals surface area contributed by atoms with Crippen molar-refractivity contribution in [2.24, 2.45) is 4.99 Å². The molecule has 0 bridgehead atoms. The number of nitrogens with one attached hydrogen (secondary N) is 1. The second-order valence-corrected chi connectivity index (χ2v) is 6.47. The van der Waals surface area contributed by atoms with Gasteiger partial charge in [0.15, 0.2) is 11.4 Å². The third-order valence-corrected chi connectivity index (χ3v) is 4.47. The van der Waals surface area contributed by atoms with Crippen molar-refractivity contribution >= 4 is 22.6 Å². The van der Waals surface area contributed by atoms with E-state index in [0.717, 1.165) is 28.1 Å². The largest absolute Gasteiger partial charge is 0.488 e. The number of rotatable bonds is 5. The Kier molecular flexibility index (Phi) is 6.50. The maximum absolute atomic E-state index is 8.73. The Balaban J connectivity index is 1.79. The number of ether oxygens (including phenoxy) is 1. The van der Waals surface area contributed by atoms with E-state index in [1.54, 1.807) is 0 Å². The lowest BCUT2D eigenvalue weighted by Gasteiger charge is -2.12. The van der Waals surface area contributed by atoms with E-state index in [1.807, 2.05) is 91.3 Å². The van der Waals surface area contributed by atoms with Crippen molar-refractivity contribution < 1.29 is 4.74 Å². The second-order valence-electron chi connectivity index (χ2n) is 5.68. The van der Waals surface area contributed by atoms with Crippen LogP contribution in [0.2, 0.25) is 0 Å². The van der Waals surface area contributed by atoms with E-state index in [0.29, 0.717) is 11.8 Å². The average Bonchev–Trinajstić information content (AvgIpc) is 2.73. The summed E-state index contributed by atoms with van der Waals surface area (Å²) in [7, 11) is 0.